The highest BCUT2D eigenvalue weighted by Crippen LogP contribution is 2.46. The van der Waals surface area contributed by atoms with Crippen molar-refractivity contribution in [2.24, 2.45) is 0 Å². The number of aryl methyl sites for hydroxylation is 2. The highest BCUT2D eigenvalue weighted by molar-refractivity contribution is 7.22. The summed E-state index contributed by atoms with van der Waals surface area (Å²) in [7, 11) is 0. The lowest BCUT2D eigenvalue weighted by atomic mass is 9.94. The van der Waals surface area contributed by atoms with E-state index >= 15 is 0 Å². The van der Waals surface area contributed by atoms with E-state index in [-0.39, 0.29) is 24.0 Å². The van der Waals surface area contributed by atoms with Crippen molar-refractivity contribution < 1.29 is 28.9 Å². The molecule has 1 aromatic heterocycles. The summed E-state index contributed by atoms with van der Waals surface area (Å²) in [6.45, 7) is 12.2. The van der Waals surface area contributed by atoms with E-state index in [2.05, 4.69) is 6.58 Å². The van der Waals surface area contributed by atoms with Gasteiger partial charge in [-0.1, -0.05) is 36.1 Å². The predicted octanol–water partition coefficient (Wildman–Crippen LogP) is 6.83. The Hall–Kier alpha value is -4.63. The molecule has 1 N–H and O–H groups in total. The summed E-state index contributed by atoms with van der Waals surface area (Å²) >= 11 is 1.34. The molecule has 2 atom stereocenters. The SMILES string of the molecule is C=CCOc1ccc([C@H]2/C(=C(\O)c3ccc4c(c3)C[C@H](C)O4)C(=O)C(=O)N2c2nc3c(C)cc(C)cc3s2)cc1OCC. The van der Waals surface area contributed by atoms with Crippen LogP contribution < -0.4 is 19.1 Å². The molecule has 8 nitrogen and oxygen atoms in total. The van der Waals surface area contributed by atoms with Gasteiger partial charge in [-0.25, -0.2) is 4.98 Å². The molecule has 0 spiro atoms. The molecule has 6 rings (SSSR count). The second kappa shape index (κ2) is 11.2. The number of fused-ring (bicyclic) bond motifs is 2. The van der Waals surface area contributed by atoms with Gasteiger partial charge in [-0.15, -0.1) is 0 Å². The first-order valence-corrected chi connectivity index (χ1v) is 15.0. The molecule has 3 aromatic carbocycles. The van der Waals surface area contributed by atoms with E-state index in [9.17, 15) is 14.7 Å². The number of carbonyl (C=O) groups excluding carboxylic acids is 2. The lowest BCUT2D eigenvalue weighted by Crippen LogP contribution is -2.29. The molecule has 0 bridgehead atoms. The van der Waals surface area contributed by atoms with Crippen molar-refractivity contribution in [3.05, 3.63) is 94.6 Å². The van der Waals surface area contributed by atoms with Gasteiger partial charge < -0.3 is 19.3 Å². The number of anilines is 1. The van der Waals surface area contributed by atoms with Crippen molar-refractivity contribution in [2.75, 3.05) is 18.1 Å². The Balaban J connectivity index is 1.55. The van der Waals surface area contributed by atoms with Crippen LogP contribution in [0.3, 0.4) is 0 Å². The lowest BCUT2D eigenvalue weighted by Gasteiger charge is -2.24. The fraction of sp³-hybridized carbons (Fsp3) is 0.265. The van der Waals surface area contributed by atoms with Crippen molar-refractivity contribution in [3.63, 3.8) is 0 Å². The standard InChI is InChI=1S/C34H32N2O6S/c1-6-12-41-25-11-8-21(17-26(25)40-7-2)30-28(31(37)22-9-10-24-23(16-22)15-20(5)42-24)32(38)33(39)36(30)34-35-29-19(4)13-18(3)14-27(29)43-34/h6,8-11,13-14,16-17,20,30,37H,1,7,12,15H2,2-5H3/b31-28+/t20-,30-/m0/s1. The Labute approximate surface area is 253 Å². The molecule has 1 fully saturated rings. The maximum atomic E-state index is 13.8. The van der Waals surface area contributed by atoms with Gasteiger partial charge in [0.15, 0.2) is 16.6 Å². The van der Waals surface area contributed by atoms with Crippen molar-refractivity contribution in [1.29, 1.82) is 0 Å². The summed E-state index contributed by atoms with van der Waals surface area (Å²) in [5.74, 6) is -0.107. The molecule has 220 valence electrons. The summed E-state index contributed by atoms with van der Waals surface area (Å²) in [5, 5.41) is 12.1. The number of amides is 1. The van der Waals surface area contributed by atoms with Crippen molar-refractivity contribution in [1.82, 2.24) is 4.98 Å². The number of nitrogens with zero attached hydrogens (tertiary/aromatic N) is 2. The molecular formula is C34H32N2O6S. The summed E-state index contributed by atoms with van der Waals surface area (Å²) in [4.78, 5) is 33.8. The molecule has 1 saturated heterocycles. The molecule has 2 aliphatic heterocycles. The molecule has 0 aliphatic carbocycles. The third-order valence-electron chi connectivity index (χ3n) is 7.58. The van der Waals surface area contributed by atoms with Gasteiger partial charge in [0.1, 0.15) is 24.2 Å². The van der Waals surface area contributed by atoms with Crippen LogP contribution in [-0.4, -0.2) is 41.1 Å². The van der Waals surface area contributed by atoms with E-state index in [0.29, 0.717) is 40.8 Å². The quantitative estimate of drug-likeness (QED) is 0.103. The number of aliphatic hydroxyl groups is 1. The molecule has 3 heterocycles. The van der Waals surface area contributed by atoms with Gasteiger partial charge in [-0.3, -0.25) is 14.5 Å². The number of hydrogen-bond acceptors (Lipinski definition) is 8. The Morgan fingerprint density at radius 1 is 1.14 bits per heavy atom. The van der Waals surface area contributed by atoms with Crippen LogP contribution in [0.5, 0.6) is 17.2 Å². The van der Waals surface area contributed by atoms with Crippen molar-refractivity contribution >= 4 is 44.1 Å². The van der Waals surface area contributed by atoms with Crippen LogP contribution in [0.1, 0.15) is 47.7 Å². The topological polar surface area (TPSA) is 98.2 Å². The zero-order valence-electron chi connectivity index (χ0n) is 24.5. The molecule has 1 amide bonds. The number of ketones is 1. The zero-order chi connectivity index (χ0) is 30.4. The van der Waals surface area contributed by atoms with Crippen LogP contribution in [0, 0.1) is 13.8 Å². The first kappa shape index (κ1) is 28.5. The zero-order valence-corrected chi connectivity index (χ0v) is 25.3. The van der Waals surface area contributed by atoms with E-state index in [0.717, 1.165) is 32.7 Å². The maximum absolute atomic E-state index is 13.8. The van der Waals surface area contributed by atoms with Gasteiger partial charge in [0.25, 0.3) is 5.78 Å². The number of hydrogen-bond donors (Lipinski definition) is 1. The first-order valence-electron chi connectivity index (χ1n) is 14.2. The lowest BCUT2D eigenvalue weighted by molar-refractivity contribution is -0.132. The molecule has 0 unspecified atom stereocenters. The van der Waals surface area contributed by atoms with Gasteiger partial charge in [-0.2, -0.15) is 0 Å². The summed E-state index contributed by atoms with van der Waals surface area (Å²) in [6, 6.07) is 13.7. The molecule has 0 radical (unpaired) electrons. The fourth-order valence-electron chi connectivity index (χ4n) is 5.76. The Kier molecular flexibility index (Phi) is 7.43. The van der Waals surface area contributed by atoms with Gasteiger partial charge >= 0.3 is 5.91 Å². The normalized spacial score (nSPS) is 19.0. The average Bonchev–Trinajstić information content (AvgIpc) is 3.64. The van der Waals surface area contributed by atoms with Crippen LogP contribution in [0.4, 0.5) is 5.13 Å². The minimum Gasteiger partial charge on any atom is -0.507 e. The molecule has 2 aliphatic rings. The number of ether oxygens (including phenoxy) is 3. The van der Waals surface area contributed by atoms with E-state index < -0.39 is 17.7 Å². The van der Waals surface area contributed by atoms with Gasteiger partial charge in [0.2, 0.25) is 0 Å². The predicted molar refractivity (Wildman–Crippen MR) is 167 cm³/mol. The molecule has 0 saturated carbocycles. The van der Waals surface area contributed by atoms with Crippen molar-refractivity contribution in [2.45, 2.75) is 46.3 Å². The number of benzene rings is 3. The molecule has 9 heteroatoms. The summed E-state index contributed by atoms with van der Waals surface area (Å²) < 4.78 is 18.4. The number of rotatable bonds is 8. The van der Waals surface area contributed by atoms with E-state index in [1.165, 1.54) is 16.2 Å². The van der Waals surface area contributed by atoms with E-state index in [1.807, 2.05) is 45.9 Å². The second-order valence-corrected chi connectivity index (χ2v) is 11.8. The smallest absolute Gasteiger partial charge is 0.301 e. The van der Waals surface area contributed by atoms with Crippen LogP contribution in [0.25, 0.3) is 16.0 Å². The second-order valence-electron chi connectivity index (χ2n) is 10.8. The minimum absolute atomic E-state index is 0.0166. The van der Waals surface area contributed by atoms with Gasteiger partial charge in [0.05, 0.1) is 28.4 Å². The number of thiazole rings is 1. The number of aliphatic hydroxyl groups excluding tert-OH is 1. The third kappa shape index (κ3) is 5.03. The summed E-state index contributed by atoms with van der Waals surface area (Å²) in [5.41, 5.74) is 4.73. The average molecular weight is 597 g/mol. The number of Topliss-reactive ketones (excluding diaryl/α,β-unsaturated/α-hetero) is 1. The van der Waals surface area contributed by atoms with E-state index in [4.69, 9.17) is 19.2 Å². The molecule has 4 aromatic rings. The van der Waals surface area contributed by atoms with Crippen LogP contribution in [-0.2, 0) is 16.0 Å². The number of aromatic nitrogens is 1. The highest BCUT2D eigenvalue weighted by Gasteiger charge is 2.48. The Bertz CT molecular complexity index is 1820. The third-order valence-corrected chi connectivity index (χ3v) is 8.58. The van der Waals surface area contributed by atoms with Gasteiger partial charge in [0, 0.05) is 12.0 Å². The molecule has 43 heavy (non-hydrogen) atoms. The minimum atomic E-state index is -0.960. The maximum Gasteiger partial charge on any atom is 0.301 e. The van der Waals surface area contributed by atoms with Crippen LogP contribution in [0.2, 0.25) is 0 Å². The van der Waals surface area contributed by atoms with E-state index in [1.54, 1.807) is 36.4 Å². The van der Waals surface area contributed by atoms with Gasteiger partial charge in [-0.05, 0) is 86.3 Å². The van der Waals surface area contributed by atoms with Crippen LogP contribution >= 0.6 is 11.3 Å². The van der Waals surface area contributed by atoms with Crippen molar-refractivity contribution in [3.8, 4) is 17.2 Å². The fourth-order valence-corrected chi connectivity index (χ4v) is 6.93. The van der Waals surface area contributed by atoms with Crippen LogP contribution in [0.15, 0.2) is 66.8 Å². The Morgan fingerprint density at radius 2 is 1.95 bits per heavy atom. The molecular weight excluding hydrogens is 564 g/mol. The monoisotopic (exact) mass is 596 g/mol. The summed E-state index contributed by atoms with van der Waals surface area (Å²) in [6.07, 6.45) is 2.34. The number of carbonyl (C=O) groups is 2. The highest BCUT2D eigenvalue weighted by atomic mass is 32.1. The first-order chi connectivity index (χ1) is 20.7. The largest absolute Gasteiger partial charge is 0.507 e. The Morgan fingerprint density at radius 3 is 2.72 bits per heavy atom.